The molecule has 0 aromatic heterocycles. The molecule has 0 bridgehead atoms. The smallest absolute Gasteiger partial charge is 0.279 e. The van der Waals surface area contributed by atoms with E-state index in [2.05, 4.69) is 9.98 Å². The maximum Gasteiger partial charge on any atom is 0.279 e. The fraction of sp³-hybridized carbons (Fsp3) is 0.125. The Morgan fingerprint density at radius 1 is 0.850 bits per heavy atom. The Hall–Kier alpha value is -2.62. The average molecular weight is 264 g/mol. The van der Waals surface area contributed by atoms with Gasteiger partial charge >= 0.3 is 0 Å². The van der Waals surface area contributed by atoms with E-state index in [-0.39, 0.29) is 0 Å². The van der Waals surface area contributed by atoms with Crippen LogP contribution in [0, 0.1) is 0 Å². The van der Waals surface area contributed by atoms with Gasteiger partial charge in [0.2, 0.25) is 0 Å². The van der Waals surface area contributed by atoms with Crippen LogP contribution < -0.4 is 4.74 Å². The number of benzene rings is 2. The number of para-hydroxylation sites is 2. The van der Waals surface area contributed by atoms with Crippen LogP contribution in [-0.4, -0.2) is 11.8 Å². The van der Waals surface area contributed by atoms with E-state index in [9.17, 15) is 0 Å². The highest BCUT2D eigenvalue weighted by Gasteiger charge is 2.23. The monoisotopic (exact) mass is 264 g/mol. The third-order valence-corrected chi connectivity index (χ3v) is 3.33. The van der Waals surface area contributed by atoms with Crippen LogP contribution in [0.2, 0.25) is 0 Å². The third-order valence-electron chi connectivity index (χ3n) is 3.33. The van der Waals surface area contributed by atoms with Gasteiger partial charge in [-0.05, 0) is 12.1 Å². The molecule has 0 saturated heterocycles. The maximum absolute atomic E-state index is 5.78. The molecule has 0 radical (unpaired) electrons. The van der Waals surface area contributed by atoms with E-state index in [1.807, 2.05) is 48.5 Å². The number of hydrogen-bond donors (Lipinski definition) is 0. The second kappa shape index (κ2) is 4.49. The van der Waals surface area contributed by atoms with Crippen LogP contribution in [0.25, 0.3) is 0 Å². The Kier molecular flexibility index (Phi) is 2.52. The topological polar surface area (TPSA) is 43.2 Å². The molecule has 0 unspecified atom stereocenters. The van der Waals surface area contributed by atoms with Gasteiger partial charge in [-0.15, -0.1) is 0 Å². The lowest BCUT2D eigenvalue weighted by Gasteiger charge is -2.21. The molecule has 0 amide bonds. The first-order valence-corrected chi connectivity index (χ1v) is 6.50. The number of nitrogens with zero attached hydrogens (tertiary/aromatic N) is 2. The second-order valence-electron chi connectivity index (χ2n) is 4.67. The lowest BCUT2D eigenvalue weighted by atomic mass is 10.1. The molecule has 98 valence electrons. The lowest BCUT2D eigenvalue weighted by Crippen LogP contribution is -2.27. The van der Waals surface area contributed by atoms with Crippen LogP contribution >= 0.6 is 0 Å². The quantitative estimate of drug-likeness (QED) is 0.793. The van der Waals surface area contributed by atoms with Gasteiger partial charge in [-0.2, -0.15) is 0 Å². The molecule has 2 aromatic rings. The zero-order chi connectivity index (χ0) is 13.4. The van der Waals surface area contributed by atoms with E-state index in [0.717, 1.165) is 22.6 Å². The van der Waals surface area contributed by atoms with Gasteiger partial charge < -0.3 is 9.47 Å². The van der Waals surface area contributed by atoms with Gasteiger partial charge in [0.15, 0.2) is 0 Å². The van der Waals surface area contributed by atoms with Crippen LogP contribution in [0.5, 0.6) is 5.75 Å². The van der Waals surface area contributed by atoms with Crippen molar-refractivity contribution in [1.82, 2.24) is 0 Å². The zero-order valence-corrected chi connectivity index (χ0v) is 10.7. The Bertz CT molecular complexity index is 735. The fourth-order valence-corrected chi connectivity index (χ4v) is 2.28. The lowest BCUT2D eigenvalue weighted by molar-refractivity contribution is 0.287. The molecule has 2 aromatic carbocycles. The van der Waals surface area contributed by atoms with Crippen LogP contribution in [0.1, 0.15) is 11.1 Å². The van der Waals surface area contributed by atoms with E-state index in [4.69, 9.17) is 9.47 Å². The first kappa shape index (κ1) is 11.2. The number of rotatable bonds is 1. The third kappa shape index (κ3) is 1.86. The van der Waals surface area contributed by atoms with Crippen molar-refractivity contribution < 1.29 is 9.47 Å². The van der Waals surface area contributed by atoms with E-state index in [1.54, 1.807) is 0 Å². The molecule has 4 nitrogen and oxygen atoms in total. The van der Waals surface area contributed by atoms with Crippen LogP contribution in [0.3, 0.4) is 0 Å². The summed E-state index contributed by atoms with van der Waals surface area (Å²) in [6.07, 6.45) is 0. The van der Waals surface area contributed by atoms with Gasteiger partial charge in [-0.25, -0.2) is 9.98 Å². The van der Waals surface area contributed by atoms with Gasteiger partial charge in [0.25, 0.3) is 11.8 Å². The average Bonchev–Trinajstić information content (AvgIpc) is 2.54. The number of aliphatic imine (C=N–C) groups is 2. The van der Waals surface area contributed by atoms with Crippen molar-refractivity contribution in [2.75, 3.05) is 0 Å². The fourth-order valence-electron chi connectivity index (χ4n) is 2.28. The Morgan fingerprint density at radius 3 is 2.60 bits per heavy atom. The molecule has 4 rings (SSSR count). The van der Waals surface area contributed by atoms with Crippen molar-refractivity contribution in [3.63, 3.8) is 0 Å². The van der Waals surface area contributed by atoms with Crippen LogP contribution in [0.4, 0.5) is 5.69 Å². The van der Waals surface area contributed by atoms with Crippen molar-refractivity contribution in [2.45, 2.75) is 13.2 Å². The highest BCUT2D eigenvalue weighted by Crippen LogP contribution is 2.27. The first-order chi connectivity index (χ1) is 9.90. The predicted molar refractivity (Wildman–Crippen MR) is 76.5 cm³/mol. The molecule has 2 heterocycles. The van der Waals surface area contributed by atoms with Gasteiger partial charge in [-0.1, -0.05) is 36.4 Å². The summed E-state index contributed by atoms with van der Waals surface area (Å²) in [5.41, 5.74) is 3.07. The summed E-state index contributed by atoms with van der Waals surface area (Å²) >= 11 is 0. The zero-order valence-electron chi connectivity index (χ0n) is 10.7. The van der Waals surface area contributed by atoms with E-state index in [0.29, 0.717) is 24.9 Å². The molecule has 0 saturated carbocycles. The largest absolute Gasteiger partial charge is 0.469 e. The highest BCUT2D eigenvalue weighted by atomic mass is 16.5. The van der Waals surface area contributed by atoms with Gasteiger partial charge in [0.1, 0.15) is 12.4 Å². The molecule has 20 heavy (non-hydrogen) atoms. The summed E-state index contributed by atoms with van der Waals surface area (Å²) < 4.78 is 11.4. The van der Waals surface area contributed by atoms with E-state index in [1.165, 1.54) is 0 Å². The minimum absolute atomic E-state index is 0.457. The number of fused-ring (bicyclic) bond motifs is 2. The van der Waals surface area contributed by atoms with E-state index >= 15 is 0 Å². The molecular weight excluding hydrogens is 252 g/mol. The normalized spacial score (nSPS) is 16.0. The first-order valence-electron chi connectivity index (χ1n) is 6.50. The predicted octanol–water partition coefficient (Wildman–Crippen LogP) is 3.24. The van der Waals surface area contributed by atoms with Crippen molar-refractivity contribution >= 4 is 17.5 Å². The Balaban J connectivity index is 1.68. The Morgan fingerprint density at radius 2 is 1.65 bits per heavy atom. The molecule has 2 aliphatic heterocycles. The van der Waals surface area contributed by atoms with Crippen molar-refractivity contribution in [2.24, 2.45) is 9.98 Å². The summed E-state index contributed by atoms with van der Waals surface area (Å²) in [5.74, 6) is 1.74. The van der Waals surface area contributed by atoms with Gasteiger partial charge in [0.05, 0.1) is 12.2 Å². The molecule has 0 N–H and O–H groups in total. The number of ether oxygens (including phenoxy) is 2. The maximum atomic E-state index is 5.78. The Labute approximate surface area is 116 Å². The molecule has 0 atom stereocenters. The summed E-state index contributed by atoms with van der Waals surface area (Å²) in [4.78, 5) is 8.89. The molecule has 4 heteroatoms. The summed E-state index contributed by atoms with van der Waals surface area (Å²) in [6, 6.07) is 15.8. The van der Waals surface area contributed by atoms with E-state index < -0.39 is 0 Å². The van der Waals surface area contributed by atoms with Crippen LogP contribution in [-0.2, 0) is 17.9 Å². The highest BCUT2D eigenvalue weighted by molar-refractivity contribution is 6.36. The molecule has 0 spiro atoms. The molecular formula is C16H12N2O2. The van der Waals surface area contributed by atoms with Gasteiger partial charge in [-0.3, -0.25) is 0 Å². The SMILES string of the molecule is c1ccc2c(c1)COC(C1=NCc3ccccc3O1)=N2. The summed E-state index contributed by atoms with van der Waals surface area (Å²) in [7, 11) is 0. The standard InChI is InChI=1S/C16H12N2O2/c1-3-7-13-12(6-1)10-19-16(18-13)15-17-9-11-5-2-4-8-14(11)20-15/h1-8H,9-10H2. The molecule has 2 aliphatic rings. The summed E-state index contributed by atoms with van der Waals surface area (Å²) in [5, 5.41) is 0. The van der Waals surface area contributed by atoms with Gasteiger partial charge in [0, 0.05) is 11.1 Å². The van der Waals surface area contributed by atoms with Crippen molar-refractivity contribution in [3.05, 3.63) is 59.7 Å². The molecule has 0 fully saturated rings. The minimum atomic E-state index is 0.457. The van der Waals surface area contributed by atoms with Crippen molar-refractivity contribution in [3.8, 4) is 5.75 Å². The van der Waals surface area contributed by atoms with Crippen LogP contribution in [0.15, 0.2) is 58.5 Å². The van der Waals surface area contributed by atoms with Crippen molar-refractivity contribution in [1.29, 1.82) is 0 Å². The minimum Gasteiger partial charge on any atom is -0.469 e. The number of hydrogen-bond acceptors (Lipinski definition) is 4. The summed E-state index contributed by atoms with van der Waals surface area (Å²) in [6.45, 7) is 1.09. The molecule has 0 aliphatic carbocycles. The second-order valence-corrected chi connectivity index (χ2v) is 4.67.